The summed E-state index contributed by atoms with van der Waals surface area (Å²) < 4.78 is 0. The Kier molecular flexibility index (Phi) is 5.72. The predicted molar refractivity (Wildman–Crippen MR) is 50.5 cm³/mol. The minimum absolute atomic E-state index is 0. The summed E-state index contributed by atoms with van der Waals surface area (Å²) in [6.45, 7) is -0.172. The standard InChI is InChI=1S/C9H12O2.ClH/c10-7-9(11)6-8-4-2-1-3-5-8;/h1-5,9-11H,6-7H2;1H. The molecule has 2 N–H and O–H groups in total. The third-order valence-electron chi connectivity index (χ3n) is 1.52. The molecule has 1 atom stereocenters. The predicted octanol–water partition coefficient (Wildman–Crippen LogP) is 1.00. The SMILES string of the molecule is Cl.OCC(O)Cc1ccccc1. The molecule has 0 amide bonds. The average Bonchev–Trinajstić information content (AvgIpc) is 2.06. The molecule has 68 valence electrons. The molecule has 0 spiro atoms. The second-order valence-electron chi connectivity index (χ2n) is 2.53. The second kappa shape index (κ2) is 6.00. The van der Waals surface area contributed by atoms with E-state index in [2.05, 4.69) is 0 Å². The van der Waals surface area contributed by atoms with Crippen molar-refractivity contribution in [1.29, 1.82) is 0 Å². The van der Waals surface area contributed by atoms with E-state index in [0.29, 0.717) is 6.42 Å². The fraction of sp³-hybridized carbons (Fsp3) is 0.333. The summed E-state index contributed by atoms with van der Waals surface area (Å²) in [5, 5.41) is 17.6. The van der Waals surface area contributed by atoms with Gasteiger partial charge in [0.2, 0.25) is 0 Å². The van der Waals surface area contributed by atoms with Crippen molar-refractivity contribution in [2.75, 3.05) is 6.61 Å². The van der Waals surface area contributed by atoms with Crippen LogP contribution in [0.15, 0.2) is 30.3 Å². The van der Waals surface area contributed by atoms with Crippen molar-refractivity contribution >= 4 is 12.4 Å². The molecular formula is C9H13ClO2. The van der Waals surface area contributed by atoms with E-state index in [1.165, 1.54) is 0 Å². The van der Waals surface area contributed by atoms with Gasteiger partial charge in [0.05, 0.1) is 12.7 Å². The molecule has 1 unspecified atom stereocenters. The van der Waals surface area contributed by atoms with Crippen LogP contribution >= 0.6 is 12.4 Å². The van der Waals surface area contributed by atoms with E-state index in [1.807, 2.05) is 30.3 Å². The van der Waals surface area contributed by atoms with Crippen LogP contribution in [0.4, 0.5) is 0 Å². The maximum absolute atomic E-state index is 9.06. The number of rotatable bonds is 3. The molecule has 0 saturated heterocycles. The number of halogens is 1. The van der Waals surface area contributed by atoms with E-state index in [0.717, 1.165) is 5.56 Å². The minimum Gasteiger partial charge on any atom is -0.394 e. The molecule has 2 nitrogen and oxygen atoms in total. The number of hydrogen-bond donors (Lipinski definition) is 2. The van der Waals surface area contributed by atoms with Crippen LogP contribution in [0.25, 0.3) is 0 Å². The normalized spacial score (nSPS) is 11.8. The maximum atomic E-state index is 9.06. The summed E-state index contributed by atoms with van der Waals surface area (Å²) >= 11 is 0. The van der Waals surface area contributed by atoms with Gasteiger partial charge in [-0.05, 0) is 5.56 Å². The quantitative estimate of drug-likeness (QED) is 0.743. The van der Waals surface area contributed by atoms with Crippen molar-refractivity contribution < 1.29 is 10.2 Å². The Hall–Kier alpha value is -0.570. The Bertz CT molecular complexity index is 201. The van der Waals surface area contributed by atoms with E-state index in [-0.39, 0.29) is 19.0 Å². The van der Waals surface area contributed by atoms with E-state index < -0.39 is 6.10 Å². The van der Waals surface area contributed by atoms with Gasteiger partial charge in [0.1, 0.15) is 0 Å². The number of aliphatic hydroxyl groups excluding tert-OH is 2. The van der Waals surface area contributed by atoms with E-state index in [1.54, 1.807) is 0 Å². The Labute approximate surface area is 78.3 Å². The van der Waals surface area contributed by atoms with Gasteiger partial charge in [0.25, 0.3) is 0 Å². The van der Waals surface area contributed by atoms with Crippen molar-refractivity contribution in [2.45, 2.75) is 12.5 Å². The molecule has 1 aromatic carbocycles. The van der Waals surface area contributed by atoms with E-state index >= 15 is 0 Å². The molecule has 0 saturated carbocycles. The molecule has 0 aromatic heterocycles. The van der Waals surface area contributed by atoms with Crippen LogP contribution in [0.1, 0.15) is 5.56 Å². The molecule has 3 heteroatoms. The third kappa shape index (κ3) is 3.72. The Balaban J connectivity index is 0.00000121. The van der Waals surface area contributed by atoms with Crippen molar-refractivity contribution in [3.63, 3.8) is 0 Å². The fourth-order valence-electron chi connectivity index (χ4n) is 0.951. The monoisotopic (exact) mass is 188 g/mol. The highest BCUT2D eigenvalue weighted by Crippen LogP contribution is 2.01. The molecule has 0 aliphatic heterocycles. The second-order valence-corrected chi connectivity index (χ2v) is 2.53. The molecule has 0 aliphatic carbocycles. The van der Waals surface area contributed by atoms with Gasteiger partial charge in [-0.1, -0.05) is 30.3 Å². The summed E-state index contributed by atoms with van der Waals surface area (Å²) in [4.78, 5) is 0. The molecule has 0 aliphatic rings. The zero-order chi connectivity index (χ0) is 8.10. The van der Waals surface area contributed by atoms with E-state index in [4.69, 9.17) is 10.2 Å². The van der Waals surface area contributed by atoms with Crippen LogP contribution in [-0.2, 0) is 6.42 Å². The Morgan fingerprint density at radius 1 is 1.17 bits per heavy atom. The number of aliphatic hydroxyl groups is 2. The lowest BCUT2D eigenvalue weighted by Gasteiger charge is -2.05. The van der Waals surface area contributed by atoms with Crippen molar-refractivity contribution in [2.24, 2.45) is 0 Å². The van der Waals surface area contributed by atoms with Gasteiger partial charge in [-0.2, -0.15) is 0 Å². The number of benzene rings is 1. The molecule has 0 heterocycles. The van der Waals surface area contributed by atoms with Crippen molar-refractivity contribution in [3.8, 4) is 0 Å². The lowest BCUT2D eigenvalue weighted by molar-refractivity contribution is 0.0955. The fourth-order valence-corrected chi connectivity index (χ4v) is 0.951. The van der Waals surface area contributed by atoms with Crippen LogP contribution in [0, 0.1) is 0 Å². The molecular weight excluding hydrogens is 176 g/mol. The van der Waals surface area contributed by atoms with Crippen molar-refractivity contribution in [3.05, 3.63) is 35.9 Å². The number of hydrogen-bond acceptors (Lipinski definition) is 2. The van der Waals surface area contributed by atoms with Crippen LogP contribution in [0.2, 0.25) is 0 Å². The molecule has 0 bridgehead atoms. The summed E-state index contributed by atoms with van der Waals surface area (Å²) in [7, 11) is 0. The van der Waals surface area contributed by atoms with Gasteiger partial charge in [-0.15, -0.1) is 12.4 Å². The highest BCUT2D eigenvalue weighted by Gasteiger charge is 2.01. The largest absolute Gasteiger partial charge is 0.394 e. The Morgan fingerprint density at radius 2 is 1.75 bits per heavy atom. The van der Waals surface area contributed by atoms with Gasteiger partial charge in [0.15, 0.2) is 0 Å². The van der Waals surface area contributed by atoms with Crippen LogP contribution in [0.5, 0.6) is 0 Å². The van der Waals surface area contributed by atoms with Gasteiger partial charge in [-0.25, -0.2) is 0 Å². The molecule has 12 heavy (non-hydrogen) atoms. The first-order valence-electron chi connectivity index (χ1n) is 3.66. The zero-order valence-corrected chi connectivity index (χ0v) is 7.50. The van der Waals surface area contributed by atoms with E-state index in [9.17, 15) is 0 Å². The van der Waals surface area contributed by atoms with Crippen LogP contribution in [0.3, 0.4) is 0 Å². The maximum Gasteiger partial charge on any atom is 0.0811 e. The smallest absolute Gasteiger partial charge is 0.0811 e. The first kappa shape index (κ1) is 11.4. The topological polar surface area (TPSA) is 40.5 Å². The summed E-state index contributed by atoms with van der Waals surface area (Å²) in [6.07, 6.45) is -0.102. The lowest BCUT2D eigenvalue weighted by Crippen LogP contribution is -2.14. The first-order valence-corrected chi connectivity index (χ1v) is 3.66. The third-order valence-corrected chi connectivity index (χ3v) is 1.52. The highest BCUT2D eigenvalue weighted by atomic mass is 35.5. The summed E-state index contributed by atoms with van der Waals surface area (Å²) in [6, 6.07) is 9.62. The van der Waals surface area contributed by atoms with Gasteiger partial charge < -0.3 is 10.2 Å². The Morgan fingerprint density at radius 3 is 2.25 bits per heavy atom. The first-order chi connectivity index (χ1) is 5.33. The van der Waals surface area contributed by atoms with Gasteiger partial charge in [0, 0.05) is 6.42 Å². The minimum atomic E-state index is -0.627. The van der Waals surface area contributed by atoms with Crippen molar-refractivity contribution in [1.82, 2.24) is 0 Å². The van der Waals surface area contributed by atoms with Gasteiger partial charge in [-0.3, -0.25) is 0 Å². The lowest BCUT2D eigenvalue weighted by atomic mass is 10.1. The summed E-state index contributed by atoms with van der Waals surface area (Å²) in [5.74, 6) is 0. The highest BCUT2D eigenvalue weighted by molar-refractivity contribution is 5.85. The molecule has 0 fully saturated rings. The molecule has 1 rings (SSSR count). The zero-order valence-electron chi connectivity index (χ0n) is 6.68. The average molecular weight is 189 g/mol. The van der Waals surface area contributed by atoms with Gasteiger partial charge >= 0.3 is 0 Å². The van der Waals surface area contributed by atoms with Crippen LogP contribution < -0.4 is 0 Å². The molecule has 1 aromatic rings. The van der Waals surface area contributed by atoms with Crippen LogP contribution in [-0.4, -0.2) is 22.9 Å². The molecule has 0 radical (unpaired) electrons. The summed E-state index contributed by atoms with van der Waals surface area (Å²) in [5.41, 5.74) is 1.05.